The van der Waals surface area contributed by atoms with Crippen LogP contribution in [-0.2, 0) is 4.74 Å². The Kier molecular flexibility index (Phi) is 7.32. The fourth-order valence-electron chi connectivity index (χ4n) is 2.60. The molecule has 0 aliphatic heterocycles. The standard InChI is InChI=1S/C15H27NO/c1-4-7-8-9-14(16-5-2)10-13-11-15(12-13)17-6-3/h13-16H,5-6,8-12H2,1-3H3. The molecule has 2 heteroatoms. The first-order valence-corrected chi connectivity index (χ1v) is 7.04. The summed E-state index contributed by atoms with van der Waals surface area (Å²) in [5.41, 5.74) is 0. The second-order valence-corrected chi connectivity index (χ2v) is 4.87. The van der Waals surface area contributed by atoms with Gasteiger partial charge in [0.2, 0.25) is 0 Å². The molecule has 98 valence electrons. The zero-order chi connectivity index (χ0) is 12.5. The van der Waals surface area contributed by atoms with Gasteiger partial charge in [-0.2, -0.15) is 0 Å². The van der Waals surface area contributed by atoms with E-state index in [9.17, 15) is 0 Å². The molecule has 0 aromatic heterocycles. The van der Waals surface area contributed by atoms with Gasteiger partial charge in [0.15, 0.2) is 0 Å². The highest BCUT2D eigenvalue weighted by Crippen LogP contribution is 2.34. The fraction of sp³-hybridized carbons (Fsp3) is 0.867. The van der Waals surface area contributed by atoms with Gasteiger partial charge in [0.05, 0.1) is 6.10 Å². The van der Waals surface area contributed by atoms with Gasteiger partial charge in [-0.15, -0.1) is 11.8 Å². The highest BCUT2D eigenvalue weighted by Gasteiger charge is 2.30. The molecule has 17 heavy (non-hydrogen) atoms. The molecule has 0 amide bonds. The van der Waals surface area contributed by atoms with Crippen molar-refractivity contribution in [2.75, 3.05) is 13.2 Å². The third-order valence-corrected chi connectivity index (χ3v) is 3.50. The Morgan fingerprint density at radius 3 is 2.71 bits per heavy atom. The second kappa shape index (κ2) is 8.55. The normalized spacial score (nSPS) is 24.6. The summed E-state index contributed by atoms with van der Waals surface area (Å²) in [6.07, 6.45) is 6.57. The Hall–Kier alpha value is -0.520. The SMILES string of the molecule is CC#CCCC(CC1CC(OCC)C1)NCC. The van der Waals surface area contributed by atoms with Crippen molar-refractivity contribution < 1.29 is 4.74 Å². The van der Waals surface area contributed by atoms with E-state index in [4.69, 9.17) is 4.74 Å². The number of nitrogens with one attached hydrogen (secondary N) is 1. The quantitative estimate of drug-likeness (QED) is 0.655. The lowest BCUT2D eigenvalue weighted by Gasteiger charge is -2.37. The van der Waals surface area contributed by atoms with E-state index in [0.717, 1.165) is 25.5 Å². The van der Waals surface area contributed by atoms with Crippen LogP contribution in [0.3, 0.4) is 0 Å². The summed E-state index contributed by atoms with van der Waals surface area (Å²) in [5.74, 6) is 7.00. The van der Waals surface area contributed by atoms with Gasteiger partial charge in [0.25, 0.3) is 0 Å². The van der Waals surface area contributed by atoms with Crippen LogP contribution in [-0.4, -0.2) is 25.3 Å². The Balaban J connectivity index is 2.17. The van der Waals surface area contributed by atoms with Crippen LogP contribution in [0.2, 0.25) is 0 Å². The monoisotopic (exact) mass is 237 g/mol. The molecule has 1 aliphatic carbocycles. The summed E-state index contributed by atoms with van der Waals surface area (Å²) in [6.45, 7) is 8.10. The van der Waals surface area contributed by atoms with Crippen LogP contribution in [0, 0.1) is 17.8 Å². The van der Waals surface area contributed by atoms with Crippen LogP contribution in [0.25, 0.3) is 0 Å². The molecule has 1 fully saturated rings. The van der Waals surface area contributed by atoms with Crippen LogP contribution in [0.4, 0.5) is 0 Å². The molecule has 1 unspecified atom stereocenters. The maximum atomic E-state index is 5.61. The molecule has 0 aromatic carbocycles. The van der Waals surface area contributed by atoms with Crippen molar-refractivity contribution in [1.29, 1.82) is 0 Å². The zero-order valence-corrected chi connectivity index (χ0v) is 11.6. The van der Waals surface area contributed by atoms with E-state index in [1.165, 1.54) is 25.7 Å². The summed E-state index contributed by atoms with van der Waals surface area (Å²) in [7, 11) is 0. The van der Waals surface area contributed by atoms with Crippen molar-refractivity contribution >= 4 is 0 Å². The van der Waals surface area contributed by atoms with Crippen LogP contribution in [0.15, 0.2) is 0 Å². The van der Waals surface area contributed by atoms with Gasteiger partial charge in [0.1, 0.15) is 0 Å². The molecule has 1 atom stereocenters. The van der Waals surface area contributed by atoms with Crippen molar-refractivity contribution in [1.82, 2.24) is 5.32 Å². The molecule has 0 aromatic rings. The van der Waals surface area contributed by atoms with E-state index >= 15 is 0 Å². The van der Waals surface area contributed by atoms with Crippen LogP contribution >= 0.6 is 0 Å². The molecule has 0 spiro atoms. The molecule has 1 N–H and O–H groups in total. The van der Waals surface area contributed by atoms with Crippen LogP contribution in [0.1, 0.15) is 52.9 Å². The number of rotatable bonds is 8. The predicted octanol–water partition coefficient (Wildman–Crippen LogP) is 2.97. The lowest BCUT2D eigenvalue weighted by atomic mass is 9.77. The van der Waals surface area contributed by atoms with Crippen molar-refractivity contribution in [2.24, 2.45) is 5.92 Å². The Bertz CT molecular complexity index is 247. The maximum Gasteiger partial charge on any atom is 0.0580 e. The highest BCUT2D eigenvalue weighted by molar-refractivity contribution is 4.96. The van der Waals surface area contributed by atoms with Gasteiger partial charge in [-0.25, -0.2) is 0 Å². The first-order valence-electron chi connectivity index (χ1n) is 7.04. The van der Waals surface area contributed by atoms with Crippen molar-refractivity contribution in [2.45, 2.75) is 65.0 Å². The number of hydrogen-bond acceptors (Lipinski definition) is 2. The summed E-state index contributed by atoms with van der Waals surface area (Å²) in [6, 6.07) is 0.647. The molecule has 0 saturated heterocycles. The van der Waals surface area contributed by atoms with Crippen LogP contribution < -0.4 is 5.32 Å². The third kappa shape index (κ3) is 5.57. The molecular weight excluding hydrogens is 210 g/mol. The highest BCUT2D eigenvalue weighted by atomic mass is 16.5. The largest absolute Gasteiger partial charge is 0.378 e. The summed E-state index contributed by atoms with van der Waals surface area (Å²) in [4.78, 5) is 0. The molecule has 0 bridgehead atoms. The van der Waals surface area contributed by atoms with Gasteiger partial charge in [-0.1, -0.05) is 6.92 Å². The molecular formula is C15H27NO. The smallest absolute Gasteiger partial charge is 0.0580 e. The molecule has 1 saturated carbocycles. The van der Waals surface area contributed by atoms with E-state index in [1.807, 2.05) is 6.92 Å². The molecule has 1 aliphatic rings. The molecule has 2 nitrogen and oxygen atoms in total. The maximum absolute atomic E-state index is 5.61. The summed E-state index contributed by atoms with van der Waals surface area (Å²) < 4.78 is 5.61. The van der Waals surface area contributed by atoms with Gasteiger partial charge in [-0.3, -0.25) is 0 Å². The zero-order valence-electron chi connectivity index (χ0n) is 11.6. The molecule has 0 heterocycles. The second-order valence-electron chi connectivity index (χ2n) is 4.87. The third-order valence-electron chi connectivity index (χ3n) is 3.50. The van der Waals surface area contributed by atoms with Gasteiger partial charge in [0, 0.05) is 19.1 Å². The first kappa shape index (κ1) is 14.5. The van der Waals surface area contributed by atoms with E-state index in [2.05, 4.69) is 31.0 Å². The van der Waals surface area contributed by atoms with Crippen LogP contribution in [0.5, 0.6) is 0 Å². The van der Waals surface area contributed by atoms with Crippen molar-refractivity contribution in [3.63, 3.8) is 0 Å². The minimum atomic E-state index is 0.544. The Morgan fingerprint density at radius 2 is 2.12 bits per heavy atom. The van der Waals surface area contributed by atoms with E-state index in [1.54, 1.807) is 0 Å². The van der Waals surface area contributed by atoms with Gasteiger partial charge < -0.3 is 10.1 Å². The average molecular weight is 237 g/mol. The van der Waals surface area contributed by atoms with Crippen molar-refractivity contribution in [3.05, 3.63) is 0 Å². The van der Waals surface area contributed by atoms with E-state index in [-0.39, 0.29) is 0 Å². The van der Waals surface area contributed by atoms with E-state index < -0.39 is 0 Å². The Labute approximate surface area is 107 Å². The van der Waals surface area contributed by atoms with Crippen molar-refractivity contribution in [3.8, 4) is 11.8 Å². The minimum Gasteiger partial charge on any atom is -0.378 e. The van der Waals surface area contributed by atoms with Gasteiger partial charge >= 0.3 is 0 Å². The number of ether oxygens (including phenoxy) is 1. The minimum absolute atomic E-state index is 0.544. The fourth-order valence-corrected chi connectivity index (χ4v) is 2.60. The Morgan fingerprint density at radius 1 is 1.35 bits per heavy atom. The lowest BCUT2D eigenvalue weighted by Crippen LogP contribution is -2.38. The van der Waals surface area contributed by atoms with E-state index in [0.29, 0.717) is 12.1 Å². The number of hydrogen-bond donors (Lipinski definition) is 1. The topological polar surface area (TPSA) is 21.3 Å². The lowest BCUT2D eigenvalue weighted by molar-refractivity contribution is -0.0291. The summed E-state index contributed by atoms with van der Waals surface area (Å²) >= 11 is 0. The van der Waals surface area contributed by atoms with Gasteiger partial charge in [-0.05, 0) is 52.0 Å². The summed E-state index contributed by atoms with van der Waals surface area (Å²) in [5, 5.41) is 3.58. The molecule has 0 radical (unpaired) electrons. The molecule has 1 rings (SSSR count). The average Bonchev–Trinajstić information content (AvgIpc) is 2.26. The predicted molar refractivity (Wildman–Crippen MR) is 72.9 cm³/mol. The first-order chi connectivity index (χ1) is 8.30.